The minimum absolute atomic E-state index is 0.107. The van der Waals surface area contributed by atoms with Crippen LogP contribution in [0.5, 0.6) is 0 Å². The molecule has 4 heteroatoms. The Kier molecular flexibility index (Phi) is 4.78. The molecule has 18 heavy (non-hydrogen) atoms. The van der Waals surface area contributed by atoms with Gasteiger partial charge in [0.1, 0.15) is 0 Å². The zero-order valence-corrected chi connectivity index (χ0v) is 11.3. The summed E-state index contributed by atoms with van der Waals surface area (Å²) in [6.45, 7) is 1.08. The molecule has 0 unspecified atom stereocenters. The van der Waals surface area contributed by atoms with Crippen LogP contribution in [0.1, 0.15) is 38.5 Å². The molecule has 0 aromatic carbocycles. The lowest BCUT2D eigenvalue weighted by Gasteiger charge is -2.29. The molecule has 0 aromatic heterocycles. The SMILES string of the molecule is CN(CCO)CC(=O)N(C1=CCCCC1)C1CC1. The van der Waals surface area contributed by atoms with E-state index in [4.69, 9.17) is 5.11 Å². The van der Waals surface area contributed by atoms with Crippen LogP contribution < -0.4 is 0 Å². The van der Waals surface area contributed by atoms with Crippen LogP contribution in [0, 0.1) is 0 Å². The van der Waals surface area contributed by atoms with E-state index >= 15 is 0 Å². The lowest BCUT2D eigenvalue weighted by molar-refractivity contribution is -0.131. The molecule has 0 aromatic rings. The Balaban J connectivity index is 1.96. The highest BCUT2D eigenvalue weighted by atomic mass is 16.3. The molecule has 102 valence electrons. The van der Waals surface area contributed by atoms with Crippen LogP contribution in [-0.2, 0) is 4.79 Å². The predicted molar refractivity (Wildman–Crippen MR) is 71.0 cm³/mol. The molecule has 2 aliphatic carbocycles. The van der Waals surface area contributed by atoms with Gasteiger partial charge in [0.05, 0.1) is 13.2 Å². The van der Waals surface area contributed by atoms with E-state index in [0.29, 0.717) is 19.1 Å². The van der Waals surface area contributed by atoms with Gasteiger partial charge in [0.15, 0.2) is 0 Å². The first-order chi connectivity index (χ1) is 8.72. The second-order valence-corrected chi connectivity index (χ2v) is 5.40. The van der Waals surface area contributed by atoms with Crippen molar-refractivity contribution < 1.29 is 9.90 Å². The van der Waals surface area contributed by atoms with E-state index in [2.05, 4.69) is 6.08 Å². The summed E-state index contributed by atoms with van der Waals surface area (Å²) in [5.41, 5.74) is 1.24. The molecule has 2 aliphatic rings. The fraction of sp³-hybridized carbons (Fsp3) is 0.786. The molecular weight excluding hydrogens is 228 g/mol. The third-order valence-electron chi connectivity index (χ3n) is 3.64. The van der Waals surface area contributed by atoms with Crippen LogP contribution >= 0.6 is 0 Å². The second kappa shape index (κ2) is 6.34. The van der Waals surface area contributed by atoms with Gasteiger partial charge in [-0.2, -0.15) is 0 Å². The Morgan fingerprint density at radius 1 is 1.44 bits per heavy atom. The Hall–Kier alpha value is -0.870. The Labute approximate surface area is 109 Å². The molecule has 0 heterocycles. The maximum Gasteiger partial charge on any atom is 0.241 e. The van der Waals surface area contributed by atoms with E-state index < -0.39 is 0 Å². The predicted octanol–water partition coefficient (Wildman–Crippen LogP) is 1.36. The number of amides is 1. The van der Waals surface area contributed by atoms with Gasteiger partial charge in [0, 0.05) is 18.3 Å². The van der Waals surface area contributed by atoms with Crippen molar-refractivity contribution in [1.82, 2.24) is 9.80 Å². The third-order valence-corrected chi connectivity index (χ3v) is 3.64. The second-order valence-electron chi connectivity index (χ2n) is 5.40. The lowest BCUT2D eigenvalue weighted by atomic mass is 10.0. The molecule has 1 fully saturated rings. The van der Waals surface area contributed by atoms with Gasteiger partial charge in [-0.25, -0.2) is 0 Å². The number of hydrogen-bond donors (Lipinski definition) is 1. The average molecular weight is 252 g/mol. The van der Waals surface area contributed by atoms with E-state index in [1.54, 1.807) is 0 Å². The molecule has 0 saturated heterocycles. The maximum absolute atomic E-state index is 12.4. The number of allylic oxidation sites excluding steroid dienone is 2. The molecular formula is C14H24N2O2. The summed E-state index contributed by atoms with van der Waals surface area (Å²) in [5.74, 6) is 0.196. The number of rotatable bonds is 6. The van der Waals surface area contributed by atoms with Gasteiger partial charge in [0.2, 0.25) is 5.91 Å². The van der Waals surface area contributed by atoms with Crippen LogP contribution in [0.3, 0.4) is 0 Å². The molecule has 2 rings (SSSR count). The Bertz CT molecular complexity index is 324. The van der Waals surface area contributed by atoms with Crippen molar-refractivity contribution in [2.75, 3.05) is 26.7 Å². The zero-order valence-electron chi connectivity index (χ0n) is 11.3. The molecule has 1 amide bonds. The van der Waals surface area contributed by atoms with E-state index in [-0.39, 0.29) is 12.5 Å². The Morgan fingerprint density at radius 3 is 2.78 bits per heavy atom. The largest absolute Gasteiger partial charge is 0.395 e. The number of nitrogens with zero attached hydrogens (tertiary/aromatic N) is 2. The highest BCUT2D eigenvalue weighted by Crippen LogP contribution is 2.33. The average Bonchev–Trinajstić information content (AvgIpc) is 3.15. The van der Waals surface area contributed by atoms with Crippen LogP contribution in [-0.4, -0.2) is 53.6 Å². The summed E-state index contributed by atoms with van der Waals surface area (Å²) < 4.78 is 0. The van der Waals surface area contributed by atoms with Crippen LogP contribution in [0.4, 0.5) is 0 Å². The smallest absolute Gasteiger partial charge is 0.241 e. The van der Waals surface area contributed by atoms with Crippen molar-refractivity contribution >= 4 is 5.91 Å². The summed E-state index contributed by atoms with van der Waals surface area (Å²) in [5, 5.41) is 8.88. The first kappa shape index (κ1) is 13.6. The van der Waals surface area contributed by atoms with E-state index in [1.807, 2.05) is 16.8 Å². The molecule has 1 saturated carbocycles. The summed E-state index contributed by atoms with van der Waals surface area (Å²) in [7, 11) is 1.88. The number of carbonyl (C=O) groups is 1. The van der Waals surface area contributed by atoms with Gasteiger partial charge in [-0.1, -0.05) is 6.08 Å². The fourth-order valence-corrected chi connectivity index (χ4v) is 2.53. The monoisotopic (exact) mass is 252 g/mol. The van der Waals surface area contributed by atoms with Crippen LogP contribution in [0.25, 0.3) is 0 Å². The lowest BCUT2D eigenvalue weighted by Crippen LogP contribution is -2.40. The van der Waals surface area contributed by atoms with E-state index in [9.17, 15) is 4.79 Å². The number of likely N-dealkylation sites (N-methyl/N-ethyl adjacent to an activating group) is 1. The number of aliphatic hydroxyl groups is 1. The highest BCUT2D eigenvalue weighted by Gasteiger charge is 2.35. The standard InChI is InChI=1S/C14H24N2O2/c1-15(9-10-17)11-14(18)16(13-7-8-13)12-5-3-2-4-6-12/h5,13,17H,2-4,6-11H2,1H3. The van der Waals surface area contributed by atoms with Crippen molar-refractivity contribution in [2.45, 2.75) is 44.6 Å². The van der Waals surface area contributed by atoms with Gasteiger partial charge in [-0.15, -0.1) is 0 Å². The normalized spacial score (nSPS) is 19.8. The molecule has 0 aliphatic heterocycles. The summed E-state index contributed by atoms with van der Waals surface area (Å²) in [6, 6.07) is 0.448. The van der Waals surface area contributed by atoms with Crippen molar-refractivity contribution in [3.8, 4) is 0 Å². The summed E-state index contributed by atoms with van der Waals surface area (Å²) in [4.78, 5) is 16.3. The fourth-order valence-electron chi connectivity index (χ4n) is 2.53. The number of aliphatic hydroxyl groups excluding tert-OH is 1. The zero-order chi connectivity index (χ0) is 13.0. The van der Waals surface area contributed by atoms with Gasteiger partial charge in [-0.3, -0.25) is 9.69 Å². The topological polar surface area (TPSA) is 43.8 Å². The van der Waals surface area contributed by atoms with E-state index in [1.165, 1.54) is 18.5 Å². The van der Waals surface area contributed by atoms with Gasteiger partial charge >= 0.3 is 0 Å². The first-order valence-electron chi connectivity index (χ1n) is 7.03. The van der Waals surface area contributed by atoms with Gasteiger partial charge in [0.25, 0.3) is 0 Å². The summed E-state index contributed by atoms with van der Waals surface area (Å²) >= 11 is 0. The molecule has 0 radical (unpaired) electrons. The van der Waals surface area contributed by atoms with E-state index in [0.717, 1.165) is 25.7 Å². The third kappa shape index (κ3) is 3.56. The van der Waals surface area contributed by atoms with Crippen molar-refractivity contribution in [3.05, 3.63) is 11.8 Å². The minimum Gasteiger partial charge on any atom is -0.395 e. The van der Waals surface area contributed by atoms with Crippen LogP contribution in [0.2, 0.25) is 0 Å². The van der Waals surface area contributed by atoms with Gasteiger partial charge in [-0.05, 0) is 45.6 Å². The molecule has 1 N–H and O–H groups in total. The van der Waals surface area contributed by atoms with Crippen molar-refractivity contribution in [2.24, 2.45) is 0 Å². The number of hydrogen-bond acceptors (Lipinski definition) is 3. The quantitative estimate of drug-likeness (QED) is 0.776. The molecule has 0 bridgehead atoms. The van der Waals surface area contributed by atoms with Crippen LogP contribution in [0.15, 0.2) is 11.8 Å². The van der Waals surface area contributed by atoms with Crippen molar-refractivity contribution in [3.63, 3.8) is 0 Å². The molecule has 0 spiro atoms. The maximum atomic E-state index is 12.4. The molecule has 4 nitrogen and oxygen atoms in total. The molecule has 0 atom stereocenters. The van der Waals surface area contributed by atoms with Crippen molar-refractivity contribution in [1.29, 1.82) is 0 Å². The van der Waals surface area contributed by atoms with Gasteiger partial charge < -0.3 is 10.0 Å². The Morgan fingerprint density at radius 2 is 2.22 bits per heavy atom. The highest BCUT2D eigenvalue weighted by molar-refractivity contribution is 5.80. The summed E-state index contributed by atoms with van der Waals surface area (Å²) in [6.07, 6.45) is 9.14. The first-order valence-corrected chi connectivity index (χ1v) is 7.03. The minimum atomic E-state index is 0.107. The number of carbonyl (C=O) groups excluding carboxylic acids is 1.